The van der Waals surface area contributed by atoms with Crippen LogP contribution in [-0.2, 0) is 19.9 Å². The maximum absolute atomic E-state index is 15.4. The Labute approximate surface area is 195 Å². The molecule has 2 N–H and O–H groups in total. The van der Waals surface area contributed by atoms with Crippen LogP contribution in [0.25, 0.3) is 0 Å². The molecule has 0 bridgehead atoms. The Morgan fingerprint density at radius 1 is 1.31 bits per heavy atom. The molecular formula is C23H22Cl2FN3O3. The Morgan fingerprint density at radius 2 is 2.12 bits per heavy atom. The van der Waals surface area contributed by atoms with Gasteiger partial charge >= 0.3 is 5.97 Å². The zero-order valence-electron chi connectivity index (χ0n) is 17.3. The van der Waals surface area contributed by atoms with E-state index in [1.807, 2.05) is 4.90 Å². The first-order valence-corrected chi connectivity index (χ1v) is 11.3. The molecular weight excluding hydrogens is 456 g/mol. The van der Waals surface area contributed by atoms with Gasteiger partial charge in [0.25, 0.3) is 0 Å². The van der Waals surface area contributed by atoms with Crippen LogP contribution in [0.5, 0.6) is 0 Å². The summed E-state index contributed by atoms with van der Waals surface area (Å²) < 4.78 is 20.6. The Balaban J connectivity index is 1.67. The van der Waals surface area contributed by atoms with Gasteiger partial charge in [-0.2, -0.15) is 0 Å². The minimum atomic E-state index is -1.21. The van der Waals surface area contributed by atoms with Gasteiger partial charge in [-0.25, -0.2) is 4.39 Å². The second-order valence-electron chi connectivity index (χ2n) is 8.38. The molecule has 2 aromatic carbocycles. The summed E-state index contributed by atoms with van der Waals surface area (Å²) in [6, 6.07) is 9.62. The van der Waals surface area contributed by atoms with Crippen molar-refractivity contribution in [2.45, 2.75) is 36.9 Å². The average molecular weight is 478 g/mol. The van der Waals surface area contributed by atoms with Gasteiger partial charge in [0.2, 0.25) is 5.91 Å². The van der Waals surface area contributed by atoms with Gasteiger partial charge in [0, 0.05) is 40.8 Å². The Morgan fingerprint density at radius 3 is 2.91 bits per heavy atom. The molecule has 6 nitrogen and oxygen atoms in total. The maximum atomic E-state index is 15.4. The molecule has 32 heavy (non-hydrogen) atoms. The van der Waals surface area contributed by atoms with Crippen molar-refractivity contribution in [1.82, 2.24) is 10.2 Å². The van der Waals surface area contributed by atoms with Gasteiger partial charge in [-0.05, 0) is 37.1 Å². The van der Waals surface area contributed by atoms with Crippen molar-refractivity contribution >= 4 is 40.8 Å². The standard InChI is InChI=1S/C23H22Cl2FN3O3/c1-2-32-18(30)11-29-9-8-16-21(29)19(13-4-3-5-15(25)20(13)26)23(28-16)14-7-6-12(24)10-17(14)27-22(23)31/h3-7,10,16,19,21,28H,2,8-9,11H2,1H3,(H,27,31). The van der Waals surface area contributed by atoms with E-state index in [-0.39, 0.29) is 42.1 Å². The normalized spacial score (nSPS) is 28.6. The summed E-state index contributed by atoms with van der Waals surface area (Å²) in [5, 5.41) is 6.93. The summed E-state index contributed by atoms with van der Waals surface area (Å²) in [7, 11) is 0. The number of ether oxygens (including phenoxy) is 1. The quantitative estimate of drug-likeness (QED) is 0.657. The summed E-state index contributed by atoms with van der Waals surface area (Å²) in [6.07, 6.45) is 0.709. The second kappa shape index (κ2) is 7.99. The van der Waals surface area contributed by atoms with Crippen molar-refractivity contribution < 1.29 is 18.7 Å². The van der Waals surface area contributed by atoms with E-state index in [2.05, 4.69) is 10.6 Å². The van der Waals surface area contributed by atoms with Crippen LogP contribution in [0.15, 0.2) is 36.4 Å². The van der Waals surface area contributed by atoms with Gasteiger partial charge in [-0.3, -0.25) is 19.8 Å². The number of nitrogens with one attached hydrogen (secondary N) is 2. The molecule has 0 aliphatic carbocycles. The fourth-order valence-electron chi connectivity index (χ4n) is 5.61. The first-order valence-electron chi connectivity index (χ1n) is 10.6. The van der Waals surface area contributed by atoms with E-state index in [1.165, 1.54) is 6.07 Å². The molecule has 168 valence electrons. The molecule has 2 aromatic rings. The minimum absolute atomic E-state index is 0.00854. The van der Waals surface area contributed by atoms with Gasteiger partial charge in [-0.1, -0.05) is 41.4 Å². The van der Waals surface area contributed by atoms with Gasteiger partial charge in [0.05, 0.1) is 18.2 Å². The molecule has 1 amide bonds. The Hall–Kier alpha value is -2.19. The van der Waals surface area contributed by atoms with Crippen LogP contribution >= 0.6 is 23.2 Å². The van der Waals surface area contributed by atoms with E-state index in [1.54, 1.807) is 37.3 Å². The first kappa shape index (κ1) is 21.6. The monoisotopic (exact) mass is 477 g/mol. The highest BCUT2D eigenvalue weighted by Crippen LogP contribution is 2.55. The zero-order valence-corrected chi connectivity index (χ0v) is 18.8. The number of carbonyl (C=O) groups excluding carboxylic acids is 2. The highest BCUT2D eigenvalue weighted by molar-refractivity contribution is 6.31. The summed E-state index contributed by atoms with van der Waals surface area (Å²) in [6.45, 7) is 2.74. The van der Waals surface area contributed by atoms with Gasteiger partial charge < -0.3 is 10.1 Å². The van der Waals surface area contributed by atoms with Crippen molar-refractivity contribution in [1.29, 1.82) is 0 Å². The number of rotatable bonds is 4. The number of carbonyl (C=O) groups is 2. The number of nitrogens with zero attached hydrogens (tertiary/aromatic N) is 1. The average Bonchev–Trinajstić information content (AvgIpc) is 3.36. The molecule has 5 rings (SSSR count). The molecule has 2 fully saturated rings. The van der Waals surface area contributed by atoms with Crippen molar-refractivity contribution in [3.8, 4) is 0 Å². The van der Waals surface area contributed by atoms with Gasteiger partial charge in [0.1, 0.15) is 11.4 Å². The lowest BCUT2D eigenvalue weighted by molar-refractivity contribution is -0.144. The molecule has 3 heterocycles. The summed E-state index contributed by atoms with van der Waals surface area (Å²) in [5.74, 6) is -1.79. The lowest BCUT2D eigenvalue weighted by atomic mass is 9.74. The van der Waals surface area contributed by atoms with Crippen LogP contribution in [0.2, 0.25) is 10.0 Å². The van der Waals surface area contributed by atoms with E-state index in [0.717, 1.165) is 0 Å². The van der Waals surface area contributed by atoms with Gasteiger partial charge in [-0.15, -0.1) is 0 Å². The van der Waals surface area contributed by atoms with Crippen LogP contribution < -0.4 is 10.6 Å². The van der Waals surface area contributed by atoms with Crippen LogP contribution in [0.4, 0.5) is 10.1 Å². The van der Waals surface area contributed by atoms with Gasteiger partial charge in [0.15, 0.2) is 0 Å². The van der Waals surface area contributed by atoms with E-state index >= 15 is 4.39 Å². The topological polar surface area (TPSA) is 70.7 Å². The third-order valence-electron chi connectivity index (χ3n) is 6.75. The van der Waals surface area contributed by atoms with Crippen LogP contribution in [0, 0.1) is 5.82 Å². The van der Waals surface area contributed by atoms with Crippen molar-refractivity contribution in [2.24, 2.45) is 0 Å². The zero-order chi connectivity index (χ0) is 22.6. The van der Waals surface area contributed by atoms with Crippen molar-refractivity contribution in [3.63, 3.8) is 0 Å². The molecule has 3 aliphatic heterocycles. The minimum Gasteiger partial charge on any atom is -0.465 e. The van der Waals surface area contributed by atoms with E-state index < -0.39 is 17.3 Å². The molecule has 0 aromatic heterocycles. The third kappa shape index (κ3) is 3.14. The predicted molar refractivity (Wildman–Crippen MR) is 119 cm³/mol. The molecule has 2 saturated heterocycles. The SMILES string of the molecule is CCOC(=O)CN1CCC2NC3(C(=O)Nc4cc(Cl)ccc43)C(c3cccc(Cl)c3F)C21. The maximum Gasteiger partial charge on any atom is 0.320 e. The largest absolute Gasteiger partial charge is 0.465 e. The predicted octanol–water partition coefficient (Wildman–Crippen LogP) is 3.67. The number of benzene rings is 2. The summed E-state index contributed by atoms with van der Waals surface area (Å²) in [4.78, 5) is 27.8. The third-order valence-corrected chi connectivity index (χ3v) is 7.28. The van der Waals surface area contributed by atoms with Crippen molar-refractivity contribution in [2.75, 3.05) is 25.0 Å². The Bertz CT molecular complexity index is 1110. The van der Waals surface area contributed by atoms with E-state index in [9.17, 15) is 9.59 Å². The molecule has 1 spiro atoms. The lowest BCUT2D eigenvalue weighted by Gasteiger charge is -2.36. The van der Waals surface area contributed by atoms with Crippen LogP contribution in [-0.4, -0.2) is 48.6 Å². The van der Waals surface area contributed by atoms with E-state index in [4.69, 9.17) is 27.9 Å². The fourth-order valence-corrected chi connectivity index (χ4v) is 5.97. The summed E-state index contributed by atoms with van der Waals surface area (Å²) in [5.41, 5.74) is 0.431. The Kier molecular flexibility index (Phi) is 5.40. The smallest absolute Gasteiger partial charge is 0.320 e. The van der Waals surface area contributed by atoms with Crippen LogP contribution in [0.1, 0.15) is 30.4 Å². The second-order valence-corrected chi connectivity index (χ2v) is 9.22. The highest BCUT2D eigenvalue weighted by Gasteiger charge is 2.65. The number of amides is 1. The lowest BCUT2D eigenvalue weighted by Crippen LogP contribution is -2.50. The first-order chi connectivity index (χ1) is 15.4. The summed E-state index contributed by atoms with van der Waals surface area (Å²) >= 11 is 12.3. The molecule has 0 radical (unpaired) electrons. The molecule has 0 saturated carbocycles. The molecule has 9 heteroatoms. The highest BCUT2D eigenvalue weighted by atomic mass is 35.5. The number of anilines is 1. The fraction of sp³-hybridized carbons (Fsp3) is 0.391. The number of likely N-dealkylation sites (tertiary alicyclic amines) is 1. The number of halogens is 3. The molecule has 3 aliphatic rings. The molecule has 4 unspecified atom stereocenters. The number of fused-ring (bicyclic) bond motifs is 3. The number of hydrogen-bond acceptors (Lipinski definition) is 5. The van der Waals surface area contributed by atoms with Crippen molar-refractivity contribution in [3.05, 3.63) is 63.4 Å². The number of hydrogen-bond donors (Lipinski definition) is 2. The molecule has 4 atom stereocenters. The number of esters is 1. The van der Waals surface area contributed by atoms with Crippen LogP contribution in [0.3, 0.4) is 0 Å². The van der Waals surface area contributed by atoms with E-state index in [0.29, 0.717) is 34.8 Å².